The molecule has 3 aromatic rings. The Morgan fingerprint density at radius 2 is 1.84 bits per heavy atom. The summed E-state index contributed by atoms with van der Waals surface area (Å²) in [5.41, 5.74) is 1.37. The molecule has 0 aliphatic rings. The van der Waals surface area contributed by atoms with Gasteiger partial charge in [0.2, 0.25) is 15.9 Å². The number of carbonyl (C=O) groups excluding carboxylic acids is 2. The van der Waals surface area contributed by atoms with Crippen LogP contribution in [0.4, 0.5) is 5.69 Å². The summed E-state index contributed by atoms with van der Waals surface area (Å²) in [6, 6.07) is 11.6. The highest BCUT2D eigenvalue weighted by atomic mass is 32.2. The van der Waals surface area contributed by atoms with Gasteiger partial charge >= 0.3 is 5.97 Å². The van der Waals surface area contributed by atoms with Crippen molar-refractivity contribution in [2.75, 3.05) is 33.1 Å². The van der Waals surface area contributed by atoms with E-state index in [2.05, 4.69) is 5.32 Å². The summed E-state index contributed by atoms with van der Waals surface area (Å²) in [6.07, 6.45) is 1.57. The third-order valence-corrected chi connectivity index (χ3v) is 6.63. The van der Waals surface area contributed by atoms with Crippen LogP contribution in [0.15, 0.2) is 53.6 Å². The fourth-order valence-electron chi connectivity index (χ4n) is 3.26. The molecule has 1 N–H and O–H groups in total. The van der Waals surface area contributed by atoms with Crippen molar-refractivity contribution in [1.82, 2.24) is 8.87 Å². The topological polar surface area (TPSA) is 107 Å². The molecule has 170 valence electrons. The minimum absolute atomic E-state index is 0.0402. The zero-order chi connectivity index (χ0) is 23.5. The molecule has 0 saturated carbocycles. The van der Waals surface area contributed by atoms with Crippen LogP contribution in [0, 0.1) is 0 Å². The summed E-state index contributed by atoms with van der Waals surface area (Å²) in [5.74, 6) is -0.678. The second kappa shape index (κ2) is 9.41. The number of hydrogen-bond acceptors (Lipinski definition) is 6. The van der Waals surface area contributed by atoms with Gasteiger partial charge in [-0.05, 0) is 31.2 Å². The predicted octanol–water partition coefficient (Wildman–Crippen LogP) is 2.72. The van der Waals surface area contributed by atoms with Crippen LogP contribution in [0.25, 0.3) is 10.9 Å². The molecule has 32 heavy (non-hydrogen) atoms. The Hall–Kier alpha value is -3.37. The number of amides is 1. The molecule has 0 radical (unpaired) electrons. The molecule has 3 rings (SSSR count). The molecule has 10 heteroatoms. The number of ether oxygens (including phenoxy) is 2. The maximum absolute atomic E-state index is 12.7. The van der Waals surface area contributed by atoms with E-state index in [9.17, 15) is 18.0 Å². The van der Waals surface area contributed by atoms with E-state index in [-0.39, 0.29) is 23.1 Å². The van der Waals surface area contributed by atoms with Crippen molar-refractivity contribution in [2.24, 2.45) is 0 Å². The summed E-state index contributed by atoms with van der Waals surface area (Å²) in [7, 11) is 0.360. The van der Waals surface area contributed by atoms with E-state index < -0.39 is 16.0 Å². The monoisotopic (exact) mass is 459 g/mol. The van der Waals surface area contributed by atoms with Gasteiger partial charge in [-0.3, -0.25) is 4.79 Å². The fourth-order valence-corrected chi connectivity index (χ4v) is 4.31. The maximum Gasteiger partial charge on any atom is 0.340 e. The normalized spacial score (nSPS) is 11.5. The zero-order valence-corrected chi connectivity index (χ0v) is 19.1. The number of aromatic nitrogens is 1. The largest absolute Gasteiger partial charge is 0.492 e. The van der Waals surface area contributed by atoms with Gasteiger partial charge in [-0.1, -0.05) is 18.2 Å². The van der Waals surface area contributed by atoms with Crippen molar-refractivity contribution in [3.8, 4) is 5.75 Å². The van der Waals surface area contributed by atoms with Crippen molar-refractivity contribution in [3.05, 3.63) is 54.2 Å². The molecule has 0 aliphatic heterocycles. The molecule has 1 amide bonds. The Morgan fingerprint density at radius 1 is 1.12 bits per heavy atom. The Balaban J connectivity index is 1.90. The Kier molecular flexibility index (Phi) is 6.85. The van der Waals surface area contributed by atoms with Gasteiger partial charge < -0.3 is 19.4 Å². The quantitative estimate of drug-likeness (QED) is 0.519. The maximum atomic E-state index is 12.7. The highest BCUT2D eigenvalue weighted by molar-refractivity contribution is 7.89. The molecular weight excluding hydrogens is 434 g/mol. The number of hydrogen-bond donors (Lipinski definition) is 1. The lowest BCUT2D eigenvalue weighted by Gasteiger charge is -2.17. The van der Waals surface area contributed by atoms with E-state index in [0.29, 0.717) is 28.8 Å². The van der Waals surface area contributed by atoms with Crippen LogP contribution in [0.2, 0.25) is 0 Å². The highest BCUT2D eigenvalue weighted by Crippen LogP contribution is 2.29. The first kappa shape index (κ1) is 23.3. The number of rotatable bonds is 8. The summed E-state index contributed by atoms with van der Waals surface area (Å²) in [5, 5.41) is 3.39. The molecular formula is C22H25N3O6S. The number of methoxy groups -OCH3 is 1. The number of nitrogens with zero attached hydrogens (tertiary/aromatic N) is 2. The zero-order valence-electron chi connectivity index (χ0n) is 18.3. The molecule has 1 heterocycles. The molecule has 2 aromatic carbocycles. The van der Waals surface area contributed by atoms with Gasteiger partial charge in [-0.2, -0.15) is 0 Å². The standard InChI is InChI=1S/C22H25N3O6S/c1-5-31-19-11-10-15(12-20(19)32(28,29)24(2)3)23-21(26)14-25-13-17(22(27)30-4)16-8-6-7-9-18(16)25/h6-13H,5,14H2,1-4H3,(H,23,26). The van der Waals surface area contributed by atoms with E-state index in [0.717, 1.165) is 4.31 Å². The summed E-state index contributed by atoms with van der Waals surface area (Å²) >= 11 is 0. The molecule has 9 nitrogen and oxygen atoms in total. The number of anilines is 1. The van der Waals surface area contributed by atoms with Crippen LogP contribution in [-0.4, -0.2) is 57.0 Å². The van der Waals surface area contributed by atoms with E-state index in [4.69, 9.17) is 9.47 Å². The van der Waals surface area contributed by atoms with Crippen LogP contribution >= 0.6 is 0 Å². The number of nitrogens with one attached hydrogen (secondary N) is 1. The van der Waals surface area contributed by atoms with Gasteiger partial charge in [-0.15, -0.1) is 0 Å². The van der Waals surface area contributed by atoms with Crippen molar-refractivity contribution in [2.45, 2.75) is 18.4 Å². The van der Waals surface area contributed by atoms with Gasteiger partial charge in [0.15, 0.2) is 0 Å². The van der Waals surface area contributed by atoms with E-state index in [1.54, 1.807) is 42.0 Å². The highest BCUT2D eigenvalue weighted by Gasteiger charge is 2.23. The molecule has 0 saturated heterocycles. The number of esters is 1. The molecule has 0 fully saturated rings. The number of benzene rings is 2. The first-order chi connectivity index (χ1) is 15.2. The smallest absolute Gasteiger partial charge is 0.340 e. The lowest BCUT2D eigenvalue weighted by Crippen LogP contribution is -2.23. The Bertz CT molecular complexity index is 1260. The van der Waals surface area contributed by atoms with Crippen LogP contribution in [0.3, 0.4) is 0 Å². The average Bonchev–Trinajstić information content (AvgIpc) is 3.12. The first-order valence-corrected chi connectivity index (χ1v) is 11.3. The van der Waals surface area contributed by atoms with Gasteiger partial charge in [0, 0.05) is 36.9 Å². The fraction of sp³-hybridized carbons (Fsp3) is 0.273. The van der Waals surface area contributed by atoms with Gasteiger partial charge in [-0.25, -0.2) is 17.5 Å². The SMILES string of the molecule is CCOc1ccc(NC(=O)Cn2cc(C(=O)OC)c3ccccc32)cc1S(=O)(=O)N(C)C. The van der Waals surface area contributed by atoms with Crippen molar-refractivity contribution in [1.29, 1.82) is 0 Å². The second-order valence-electron chi connectivity index (χ2n) is 7.11. The second-order valence-corrected chi connectivity index (χ2v) is 9.23. The summed E-state index contributed by atoms with van der Waals surface area (Å²) in [6.45, 7) is 1.97. The molecule has 0 atom stereocenters. The molecule has 0 aliphatic carbocycles. The lowest BCUT2D eigenvalue weighted by molar-refractivity contribution is -0.116. The van der Waals surface area contributed by atoms with Crippen LogP contribution in [0.1, 0.15) is 17.3 Å². The molecule has 0 unspecified atom stereocenters. The Labute approximate surface area is 186 Å². The third kappa shape index (κ3) is 4.61. The lowest BCUT2D eigenvalue weighted by atomic mass is 10.2. The van der Waals surface area contributed by atoms with Gasteiger partial charge in [0.25, 0.3) is 0 Å². The molecule has 0 spiro atoms. The molecule has 1 aromatic heterocycles. The first-order valence-electron chi connectivity index (χ1n) is 9.84. The van der Waals surface area contributed by atoms with Crippen LogP contribution in [0.5, 0.6) is 5.75 Å². The van der Waals surface area contributed by atoms with Crippen LogP contribution in [-0.2, 0) is 26.1 Å². The number of para-hydroxylation sites is 1. The third-order valence-electron chi connectivity index (χ3n) is 4.79. The van der Waals surface area contributed by atoms with Crippen molar-refractivity contribution < 1.29 is 27.5 Å². The minimum Gasteiger partial charge on any atom is -0.492 e. The summed E-state index contributed by atoms with van der Waals surface area (Å²) < 4.78 is 38.4. The number of sulfonamides is 1. The average molecular weight is 460 g/mol. The Morgan fingerprint density at radius 3 is 2.50 bits per heavy atom. The predicted molar refractivity (Wildman–Crippen MR) is 120 cm³/mol. The number of fused-ring (bicyclic) bond motifs is 1. The summed E-state index contributed by atoms with van der Waals surface area (Å²) in [4.78, 5) is 24.8. The molecule has 0 bridgehead atoms. The van der Waals surface area contributed by atoms with E-state index in [1.807, 2.05) is 6.07 Å². The van der Waals surface area contributed by atoms with E-state index in [1.165, 1.54) is 33.3 Å². The minimum atomic E-state index is -3.78. The van der Waals surface area contributed by atoms with Crippen molar-refractivity contribution >= 4 is 38.5 Å². The van der Waals surface area contributed by atoms with E-state index >= 15 is 0 Å². The van der Waals surface area contributed by atoms with Gasteiger partial charge in [0.05, 0.1) is 19.3 Å². The number of carbonyl (C=O) groups is 2. The van der Waals surface area contributed by atoms with Gasteiger partial charge in [0.1, 0.15) is 17.2 Å². The van der Waals surface area contributed by atoms with Crippen LogP contribution < -0.4 is 10.1 Å². The van der Waals surface area contributed by atoms with Crippen molar-refractivity contribution in [3.63, 3.8) is 0 Å².